The topological polar surface area (TPSA) is 0 Å². The SMILES string of the molecule is CC(C)CCCC(C)CCCC(C)CCCC(C)CCC(C)CC(C)CCCC(C)CCCC(C)CCCC(C)C. The van der Waals surface area contributed by atoms with Gasteiger partial charge in [-0.3, -0.25) is 0 Å². The van der Waals surface area contributed by atoms with Crippen molar-refractivity contribution in [3.63, 3.8) is 0 Å². The predicted molar refractivity (Wildman–Crippen MR) is 191 cm³/mol. The Kier molecular flexibility index (Phi) is 26.4. The lowest BCUT2D eigenvalue weighted by Crippen LogP contribution is -2.07. The summed E-state index contributed by atoms with van der Waals surface area (Å²) < 4.78 is 0. The van der Waals surface area contributed by atoms with E-state index in [-0.39, 0.29) is 0 Å². The van der Waals surface area contributed by atoms with Crippen LogP contribution in [-0.2, 0) is 0 Å². The van der Waals surface area contributed by atoms with E-state index in [0.29, 0.717) is 0 Å². The summed E-state index contributed by atoms with van der Waals surface area (Å²) in [5.41, 5.74) is 0. The first-order chi connectivity index (χ1) is 19.4. The molecule has 0 aromatic heterocycles. The van der Waals surface area contributed by atoms with Crippen molar-refractivity contribution in [2.24, 2.45) is 53.3 Å². The Hall–Kier alpha value is 0. The van der Waals surface area contributed by atoms with Crippen molar-refractivity contribution >= 4 is 0 Å². The third kappa shape index (κ3) is 28.5. The van der Waals surface area contributed by atoms with Crippen LogP contribution in [0.3, 0.4) is 0 Å². The first kappa shape index (κ1) is 41.0. The highest BCUT2D eigenvalue weighted by Gasteiger charge is 2.13. The molecule has 0 rings (SSSR count). The first-order valence-corrected chi connectivity index (χ1v) is 19.4. The normalized spacial score (nSPS) is 17.5. The lowest BCUT2D eigenvalue weighted by molar-refractivity contribution is 0.321. The average molecular weight is 577 g/mol. The summed E-state index contributed by atoms with van der Waals surface area (Å²) in [5.74, 6) is 8.19. The fourth-order valence-electron chi connectivity index (χ4n) is 7.22. The van der Waals surface area contributed by atoms with Gasteiger partial charge in [-0.1, -0.05) is 205 Å². The molecule has 248 valence electrons. The summed E-state index contributed by atoms with van der Waals surface area (Å²) in [4.78, 5) is 0. The first-order valence-electron chi connectivity index (χ1n) is 19.4. The molecule has 0 nitrogen and oxygen atoms in total. The molecule has 7 unspecified atom stereocenters. The molecule has 0 aliphatic rings. The molecule has 0 fully saturated rings. The van der Waals surface area contributed by atoms with E-state index in [1.165, 1.54) is 135 Å². The van der Waals surface area contributed by atoms with E-state index < -0.39 is 0 Å². The summed E-state index contributed by atoms with van der Waals surface area (Å²) in [6.45, 7) is 27.0. The van der Waals surface area contributed by atoms with Crippen LogP contribution in [0.15, 0.2) is 0 Å². The second-order valence-corrected chi connectivity index (χ2v) is 16.9. The minimum Gasteiger partial charge on any atom is -0.0628 e. The van der Waals surface area contributed by atoms with Crippen LogP contribution in [0.1, 0.15) is 211 Å². The van der Waals surface area contributed by atoms with E-state index in [1.807, 2.05) is 0 Å². The van der Waals surface area contributed by atoms with E-state index in [2.05, 4.69) is 76.2 Å². The van der Waals surface area contributed by atoms with Crippen molar-refractivity contribution in [2.75, 3.05) is 0 Å². The maximum absolute atomic E-state index is 2.53. The largest absolute Gasteiger partial charge is 0.0628 e. The molecule has 0 aromatic carbocycles. The van der Waals surface area contributed by atoms with Gasteiger partial charge >= 0.3 is 0 Å². The molecule has 0 saturated heterocycles. The highest BCUT2D eigenvalue weighted by Crippen LogP contribution is 2.27. The molecule has 0 N–H and O–H groups in total. The molecule has 0 amide bonds. The van der Waals surface area contributed by atoms with Gasteiger partial charge in [-0.25, -0.2) is 0 Å². The van der Waals surface area contributed by atoms with E-state index in [1.54, 1.807) is 0 Å². The van der Waals surface area contributed by atoms with Gasteiger partial charge < -0.3 is 0 Å². The van der Waals surface area contributed by atoms with Gasteiger partial charge in [0.25, 0.3) is 0 Å². The Bertz CT molecular complexity index is 532. The van der Waals surface area contributed by atoms with Crippen molar-refractivity contribution in [3.8, 4) is 0 Å². The summed E-state index contributed by atoms with van der Waals surface area (Å²) >= 11 is 0. The molecule has 0 spiro atoms. The van der Waals surface area contributed by atoms with E-state index in [9.17, 15) is 0 Å². The van der Waals surface area contributed by atoms with Crippen LogP contribution in [0.4, 0.5) is 0 Å². The Morgan fingerprint density at radius 3 is 0.707 bits per heavy atom. The molecule has 0 aliphatic heterocycles. The van der Waals surface area contributed by atoms with E-state index >= 15 is 0 Å². The van der Waals surface area contributed by atoms with Gasteiger partial charge in [-0.05, 0) is 59.7 Å². The van der Waals surface area contributed by atoms with Crippen LogP contribution in [0.25, 0.3) is 0 Å². The number of hydrogen-bond donors (Lipinski definition) is 0. The van der Waals surface area contributed by atoms with Crippen LogP contribution in [0.5, 0.6) is 0 Å². The zero-order valence-corrected chi connectivity index (χ0v) is 31.0. The molecule has 7 atom stereocenters. The molecule has 0 saturated carbocycles. The van der Waals surface area contributed by atoms with Crippen LogP contribution in [-0.4, -0.2) is 0 Å². The van der Waals surface area contributed by atoms with Crippen LogP contribution in [0.2, 0.25) is 0 Å². The predicted octanol–water partition coefficient (Wildman–Crippen LogP) is 14.9. The van der Waals surface area contributed by atoms with Crippen molar-refractivity contribution in [2.45, 2.75) is 211 Å². The second kappa shape index (κ2) is 26.4. The third-order valence-corrected chi connectivity index (χ3v) is 10.5. The van der Waals surface area contributed by atoms with Gasteiger partial charge in [0.15, 0.2) is 0 Å². The monoisotopic (exact) mass is 577 g/mol. The Balaban J connectivity index is 3.77. The number of rotatable bonds is 29. The number of hydrogen-bond acceptors (Lipinski definition) is 0. The second-order valence-electron chi connectivity index (χ2n) is 16.9. The van der Waals surface area contributed by atoms with Gasteiger partial charge in [0, 0.05) is 0 Å². The maximum Gasteiger partial charge on any atom is -0.0440 e. The molecule has 0 aliphatic carbocycles. The minimum atomic E-state index is 0.873. The highest BCUT2D eigenvalue weighted by molar-refractivity contribution is 4.66. The fourth-order valence-corrected chi connectivity index (χ4v) is 7.22. The Labute approximate surface area is 263 Å². The van der Waals surface area contributed by atoms with Gasteiger partial charge in [-0.2, -0.15) is 0 Å². The van der Waals surface area contributed by atoms with Crippen molar-refractivity contribution in [1.82, 2.24) is 0 Å². The molecular weight excluding hydrogens is 492 g/mol. The molecular formula is C41H84. The molecule has 0 heterocycles. The van der Waals surface area contributed by atoms with Gasteiger partial charge in [0.2, 0.25) is 0 Å². The van der Waals surface area contributed by atoms with E-state index in [4.69, 9.17) is 0 Å². The molecule has 0 radical (unpaired) electrons. The molecule has 0 aromatic rings. The van der Waals surface area contributed by atoms with Crippen molar-refractivity contribution in [3.05, 3.63) is 0 Å². The average Bonchev–Trinajstić information content (AvgIpc) is 2.87. The lowest BCUT2D eigenvalue weighted by Gasteiger charge is -2.20. The van der Waals surface area contributed by atoms with Gasteiger partial charge in [0.05, 0.1) is 0 Å². The van der Waals surface area contributed by atoms with Crippen molar-refractivity contribution < 1.29 is 0 Å². The van der Waals surface area contributed by atoms with Crippen LogP contribution >= 0.6 is 0 Å². The fraction of sp³-hybridized carbons (Fsp3) is 1.00. The zero-order chi connectivity index (χ0) is 31.0. The molecule has 0 bridgehead atoms. The molecule has 0 heteroatoms. The maximum atomic E-state index is 2.53. The smallest absolute Gasteiger partial charge is 0.0440 e. The Morgan fingerprint density at radius 2 is 0.415 bits per heavy atom. The summed E-state index contributed by atoms with van der Waals surface area (Å²) in [7, 11) is 0. The zero-order valence-electron chi connectivity index (χ0n) is 31.0. The Morgan fingerprint density at radius 1 is 0.220 bits per heavy atom. The summed E-state index contributed by atoms with van der Waals surface area (Å²) in [6, 6.07) is 0. The van der Waals surface area contributed by atoms with Crippen LogP contribution < -0.4 is 0 Å². The third-order valence-electron chi connectivity index (χ3n) is 10.5. The van der Waals surface area contributed by atoms with Crippen molar-refractivity contribution in [1.29, 1.82) is 0 Å². The van der Waals surface area contributed by atoms with E-state index in [0.717, 1.165) is 53.3 Å². The lowest BCUT2D eigenvalue weighted by atomic mass is 9.86. The standard InChI is InChI=1S/C41H84/c1-33(2)18-12-20-35(5)22-14-24-37(7)26-16-28-39(9)30-31-41(11)32-40(10)29-17-27-38(8)25-15-23-36(6)21-13-19-34(3)4/h33-41H,12-32H2,1-11H3. The summed E-state index contributed by atoms with van der Waals surface area (Å²) in [6.07, 6.45) is 30.3. The van der Waals surface area contributed by atoms with Gasteiger partial charge in [-0.15, -0.1) is 0 Å². The van der Waals surface area contributed by atoms with Crippen LogP contribution in [0, 0.1) is 53.3 Å². The minimum absolute atomic E-state index is 0.873. The highest BCUT2D eigenvalue weighted by atomic mass is 14.2. The summed E-state index contributed by atoms with van der Waals surface area (Å²) in [5, 5.41) is 0. The quantitative estimate of drug-likeness (QED) is 0.0830. The molecule has 41 heavy (non-hydrogen) atoms. The van der Waals surface area contributed by atoms with Gasteiger partial charge in [0.1, 0.15) is 0 Å².